The highest BCUT2D eigenvalue weighted by Gasteiger charge is 2.22. The molecule has 1 aliphatic heterocycles. The van der Waals surface area contributed by atoms with Crippen molar-refractivity contribution < 1.29 is 14.4 Å². The number of carbonyl (C=O) groups is 2. The molecule has 2 aromatic rings. The van der Waals surface area contributed by atoms with Crippen LogP contribution in [-0.4, -0.2) is 52.9 Å². The Bertz CT molecular complexity index is 1020. The number of aromatic nitrogens is 2. The molecule has 2 heterocycles. The topological polar surface area (TPSA) is 123 Å². The Morgan fingerprint density at radius 1 is 1.19 bits per heavy atom. The fraction of sp³-hybridized carbons (Fsp3) is 0.318. The van der Waals surface area contributed by atoms with Gasteiger partial charge in [-0.2, -0.15) is 0 Å². The molecule has 31 heavy (non-hydrogen) atoms. The van der Waals surface area contributed by atoms with Gasteiger partial charge in [-0.05, 0) is 31.1 Å². The van der Waals surface area contributed by atoms with Crippen LogP contribution >= 0.6 is 0 Å². The smallest absolute Gasteiger partial charge is 0.288 e. The summed E-state index contributed by atoms with van der Waals surface area (Å²) in [5.74, 6) is -0.121. The Labute approximate surface area is 181 Å². The number of amidine groups is 1. The Morgan fingerprint density at radius 2 is 1.94 bits per heavy atom. The molecule has 2 amide bonds. The van der Waals surface area contributed by atoms with Crippen LogP contribution in [0.5, 0.6) is 0 Å². The van der Waals surface area contributed by atoms with Gasteiger partial charge in [0.2, 0.25) is 5.82 Å². The highest BCUT2D eigenvalue weighted by Crippen LogP contribution is 2.31. The summed E-state index contributed by atoms with van der Waals surface area (Å²) in [6.45, 7) is 4.73. The van der Waals surface area contributed by atoms with E-state index in [0.29, 0.717) is 30.2 Å². The zero-order valence-corrected chi connectivity index (χ0v) is 17.9. The van der Waals surface area contributed by atoms with Crippen LogP contribution < -0.4 is 11.1 Å². The maximum Gasteiger partial charge on any atom is 0.288 e. The summed E-state index contributed by atoms with van der Waals surface area (Å²) in [4.78, 5) is 42.8. The van der Waals surface area contributed by atoms with E-state index < -0.39 is 0 Å². The summed E-state index contributed by atoms with van der Waals surface area (Å²) in [6.07, 6.45) is 5.98. The third kappa shape index (κ3) is 5.13. The molecule has 1 aromatic heterocycles. The number of aliphatic imine (C=N–C) groups is 1. The van der Waals surface area contributed by atoms with Gasteiger partial charge in [0, 0.05) is 49.1 Å². The molecule has 1 aliphatic rings. The molecular formula is C22H26N6O3. The molecule has 3 N–H and O–H groups in total. The minimum atomic E-state index is -0.350. The summed E-state index contributed by atoms with van der Waals surface area (Å²) in [5.41, 5.74) is 9.62. The second kappa shape index (κ2) is 9.94. The number of benzene rings is 1. The van der Waals surface area contributed by atoms with E-state index >= 15 is 0 Å². The van der Waals surface area contributed by atoms with Gasteiger partial charge in [0.1, 0.15) is 5.84 Å². The SMILES string of the molecule is CCCN(OCC)C(=O)C1=Cc2ccc(-c3cnc(C(=O)NC)nc3)cc2N=C(N)C1. The lowest BCUT2D eigenvalue weighted by molar-refractivity contribution is -0.180. The van der Waals surface area contributed by atoms with E-state index in [2.05, 4.69) is 20.3 Å². The minimum absolute atomic E-state index is 0.0975. The van der Waals surface area contributed by atoms with Gasteiger partial charge in [0.15, 0.2) is 0 Å². The summed E-state index contributed by atoms with van der Waals surface area (Å²) in [5, 5.41) is 3.87. The predicted molar refractivity (Wildman–Crippen MR) is 118 cm³/mol. The molecule has 0 saturated heterocycles. The van der Waals surface area contributed by atoms with E-state index in [1.165, 1.54) is 12.1 Å². The van der Waals surface area contributed by atoms with Gasteiger partial charge in [-0.3, -0.25) is 14.4 Å². The molecular weight excluding hydrogens is 396 g/mol. The first-order valence-corrected chi connectivity index (χ1v) is 10.1. The van der Waals surface area contributed by atoms with E-state index in [-0.39, 0.29) is 24.1 Å². The Morgan fingerprint density at radius 3 is 2.58 bits per heavy atom. The number of hydrogen-bond donors (Lipinski definition) is 2. The average Bonchev–Trinajstić information content (AvgIpc) is 2.95. The lowest BCUT2D eigenvalue weighted by atomic mass is 10.0. The second-order valence-corrected chi connectivity index (χ2v) is 6.92. The zero-order valence-electron chi connectivity index (χ0n) is 17.9. The number of fused-ring (bicyclic) bond motifs is 1. The third-order valence-electron chi connectivity index (χ3n) is 4.62. The Hall–Kier alpha value is -3.59. The van der Waals surface area contributed by atoms with Crippen molar-refractivity contribution in [2.75, 3.05) is 20.2 Å². The third-order valence-corrected chi connectivity index (χ3v) is 4.62. The monoisotopic (exact) mass is 422 g/mol. The number of nitrogens with one attached hydrogen (secondary N) is 1. The van der Waals surface area contributed by atoms with Crippen LogP contribution in [0.2, 0.25) is 0 Å². The van der Waals surface area contributed by atoms with E-state index in [1.54, 1.807) is 18.5 Å². The first-order valence-electron chi connectivity index (χ1n) is 10.1. The number of amides is 2. The summed E-state index contributed by atoms with van der Waals surface area (Å²) in [6, 6.07) is 5.62. The van der Waals surface area contributed by atoms with Gasteiger partial charge >= 0.3 is 0 Å². The van der Waals surface area contributed by atoms with Crippen LogP contribution in [-0.2, 0) is 9.63 Å². The molecule has 0 spiro atoms. The summed E-state index contributed by atoms with van der Waals surface area (Å²) in [7, 11) is 1.52. The number of carbonyl (C=O) groups excluding carboxylic acids is 2. The highest BCUT2D eigenvalue weighted by molar-refractivity contribution is 6.05. The largest absolute Gasteiger partial charge is 0.387 e. The molecule has 0 aliphatic carbocycles. The fourth-order valence-electron chi connectivity index (χ4n) is 3.16. The van der Waals surface area contributed by atoms with Crippen molar-refractivity contribution in [2.45, 2.75) is 26.7 Å². The number of hydrogen-bond acceptors (Lipinski definition) is 7. The summed E-state index contributed by atoms with van der Waals surface area (Å²) >= 11 is 0. The van der Waals surface area contributed by atoms with Gasteiger partial charge in [0.25, 0.3) is 11.8 Å². The van der Waals surface area contributed by atoms with Crippen molar-refractivity contribution in [1.82, 2.24) is 20.3 Å². The van der Waals surface area contributed by atoms with Crippen molar-refractivity contribution in [1.29, 1.82) is 0 Å². The number of hydroxylamine groups is 2. The van der Waals surface area contributed by atoms with Gasteiger partial charge in [-0.15, -0.1) is 0 Å². The van der Waals surface area contributed by atoms with Gasteiger partial charge in [0.05, 0.1) is 12.3 Å². The van der Waals surface area contributed by atoms with Crippen LogP contribution in [0, 0.1) is 0 Å². The van der Waals surface area contributed by atoms with Gasteiger partial charge < -0.3 is 11.1 Å². The lowest BCUT2D eigenvalue weighted by Gasteiger charge is -2.21. The Balaban J connectivity index is 1.93. The van der Waals surface area contributed by atoms with Crippen molar-refractivity contribution in [3.63, 3.8) is 0 Å². The highest BCUT2D eigenvalue weighted by atomic mass is 16.7. The standard InChI is InChI=1S/C22H26N6O3/c1-4-8-28(31-5-2)22(30)16-9-15-7-6-14(10-18(15)27-19(23)11-16)17-12-25-20(26-13-17)21(29)24-3/h6-7,9-10,12-13H,4-5,8,11H2,1-3H3,(H2,23,27)(H,24,29). The molecule has 0 unspecified atom stereocenters. The maximum absolute atomic E-state index is 13.0. The zero-order chi connectivity index (χ0) is 22.4. The van der Waals surface area contributed by atoms with E-state index in [9.17, 15) is 9.59 Å². The molecule has 0 atom stereocenters. The van der Waals surface area contributed by atoms with Crippen molar-refractivity contribution in [3.05, 3.63) is 47.6 Å². The minimum Gasteiger partial charge on any atom is -0.387 e. The van der Waals surface area contributed by atoms with Crippen LogP contribution in [0.1, 0.15) is 42.9 Å². The number of nitrogens with zero attached hydrogens (tertiary/aromatic N) is 4. The van der Waals surface area contributed by atoms with Crippen LogP contribution in [0.3, 0.4) is 0 Å². The fourth-order valence-corrected chi connectivity index (χ4v) is 3.16. The second-order valence-electron chi connectivity index (χ2n) is 6.92. The lowest BCUT2D eigenvalue weighted by Crippen LogP contribution is -2.34. The van der Waals surface area contributed by atoms with Crippen LogP contribution in [0.4, 0.5) is 5.69 Å². The number of rotatable bonds is 7. The molecule has 9 heteroatoms. The van der Waals surface area contributed by atoms with Crippen LogP contribution in [0.25, 0.3) is 17.2 Å². The molecule has 0 fully saturated rings. The van der Waals surface area contributed by atoms with Crippen LogP contribution in [0.15, 0.2) is 41.2 Å². The maximum atomic E-state index is 13.0. The average molecular weight is 422 g/mol. The molecule has 3 rings (SSSR count). The normalized spacial score (nSPS) is 12.9. The quantitative estimate of drug-likeness (QED) is 0.661. The van der Waals surface area contributed by atoms with Crippen molar-refractivity contribution in [3.8, 4) is 11.1 Å². The molecule has 0 radical (unpaired) electrons. The summed E-state index contributed by atoms with van der Waals surface area (Å²) < 4.78 is 0. The first kappa shape index (κ1) is 22.1. The first-order chi connectivity index (χ1) is 15.0. The van der Waals surface area contributed by atoms with Crippen molar-refractivity contribution >= 4 is 29.4 Å². The number of nitrogens with two attached hydrogens (primary N) is 1. The predicted octanol–water partition coefficient (Wildman–Crippen LogP) is 2.47. The molecule has 1 aromatic carbocycles. The molecule has 0 bridgehead atoms. The van der Waals surface area contributed by atoms with Gasteiger partial charge in [-0.25, -0.2) is 20.0 Å². The van der Waals surface area contributed by atoms with E-state index in [4.69, 9.17) is 10.6 Å². The molecule has 9 nitrogen and oxygen atoms in total. The van der Waals surface area contributed by atoms with Crippen molar-refractivity contribution in [2.24, 2.45) is 10.7 Å². The molecule has 0 saturated carbocycles. The van der Waals surface area contributed by atoms with E-state index in [0.717, 1.165) is 23.1 Å². The molecule has 162 valence electrons. The van der Waals surface area contributed by atoms with E-state index in [1.807, 2.05) is 32.0 Å². The van der Waals surface area contributed by atoms with Gasteiger partial charge in [-0.1, -0.05) is 19.1 Å². The Kier molecular flexibility index (Phi) is 7.09.